The molecule has 15 heavy (non-hydrogen) atoms. The van der Waals surface area contributed by atoms with E-state index >= 15 is 0 Å². The monoisotopic (exact) mass is 238 g/mol. The van der Waals surface area contributed by atoms with Crippen molar-refractivity contribution < 1.29 is 0 Å². The number of thioether (sulfide) groups is 1. The quantitative estimate of drug-likeness (QED) is 0.889. The molecule has 4 heteroatoms. The van der Waals surface area contributed by atoms with E-state index in [0.29, 0.717) is 0 Å². The van der Waals surface area contributed by atoms with Gasteiger partial charge in [0.2, 0.25) is 0 Å². The molecule has 80 valence electrons. The Morgan fingerprint density at radius 3 is 3.00 bits per heavy atom. The van der Waals surface area contributed by atoms with Crippen molar-refractivity contribution in [2.24, 2.45) is 5.73 Å². The first kappa shape index (κ1) is 10.9. The Balaban J connectivity index is 2.15. The van der Waals surface area contributed by atoms with Crippen LogP contribution in [0.1, 0.15) is 5.01 Å². The van der Waals surface area contributed by atoms with Gasteiger partial charge in [0.25, 0.3) is 0 Å². The minimum Gasteiger partial charge on any atom is -0.327 e. The first-order chi connectivity index (χ1) is 7.29. The number of hydrogen-bond acceptors (Lipinski definition) is 4. The van der Waals surface area contributed by atoms with E-state index in [4.69, 9.17) is 5.73 Å². The van der Waals surface area contributed by atoms with Crippen LogP contribution in [0.15, 0.2) is 24.3 Å². The minimum absolute atomic E-state index is 0.223. The summed E-state index contributed by atoms with van der Waals surface area (Å²) in [5.74, 6) is 0.996. The zero-order valence-corrected chi connectivity index (χ0v) is 10.3. The second-order valence-electron chi connectivity index (χ2n) is 3.49. The molecule has 0 spiro atoms. The summed E-state index contributed by atoms with van der Waals surface area (Å²) in [4.78, 5) is 4.56. The molecule has 1 unspecified atom stereocenters. The van der Waals surface area contributed by atoms with Crippen LogP contribution in [0.25, 0.3) is 10.2 Å². The Kier molecular flexibility index (Phi) is 3.61. The summed E-state index contributed by atoms with van der Waals surface area (Å²) >= 11 is 3.54. The number of rotatable bonds is 4. The number of fused-ring (bicyclic) bond motifs is 1. The molecule has 0 aliphatic heterocycles. The molecular formula is C11H14N2S2. The summed E-state index contributed by atoms with van der Waals surface area (Å²) in [7, 11) is 0. The lowest BCUT2D eigenvalue weighted by Gasteiger charge is -2.06. The highest BCUT2D eigenvalue weighted by atomic mass is 32.2. The summed E-state index contributed by atoms with van der Waals surface area (Å²) in [6, 6.07) is 8.45. The van der Waals surface area contributed by atoms with Crippen LogP contribution in [0.2, 0.25) is 0 Å². The smallest absolute Gasteiger partial charge is 0.0954 e. The molecule has 1 aromatic heterocycles. The van der Waals surface area contributed by atoms with E-state index in [2.05, 4.69) is 23.4 Å². The number of thiazole rings is 1. The van der Waals surface area contributed by atoms with Crippen LogP contribution >= 0.6 is 23.1 Å². The Morgan fingerprint density at radius 1 is 1.47 bits per heavy atom. The molecule has 1 atom stereocenters. The van der Waals surface area contributed by atoms with Gasteiger partial charge in [0.1, 0.15) is 0 Å². The van der Waals surface area contributed by atoms with Gasteiger partial charge < -0.3 is 5.73 Å². The van der Waals surface area contributed by atoms with E-state index in [0.717, 1.165) is 22.7 Å². The SMILES string of the molecule is CSCC(N)Cc1nc2ccccc2s1. The van der Waals surface area contributed by atoms with E-state index in [-0.39, 0.29) is 6.04 Å². The van der Waals surface area contributed by atoms with E-state index < -0.39 is 0 Å². The third-order valence-electron chi connectivity index (χ3n) is 2.16. The van der Waals surface area contributed by atoms with Crippen molar-refractivity contribution in [1.29, 1.82) is 0 Å². The molecule has 0 saturated heterocycles. The third kappa shape index (κ3) is 2.71. The van der Waals surface area contributed by atoms with Gasteiger partial charge in [-0.15, -0.1) is 11.3 Å². The number of para-hydroxylation sites is 1. The Labute approximate surface area is 97.9 Å². The average Bonchev–Trinajstić information content (AvgIpc) is 2.59. The van der Waals surface area contributed by atoms with Crippen molar-refractivity contribution in [1.82, 2.24) is 4.98 Å². The van der Waals surface area contributed by atoms with Crippen LogP contribution in [0.4, 0.5) is 0 Å². The second-order valence-corrected chi connectivity index (χ2v) is 5.52. The van der Waals surface area contributed by atoms with Gasteiger partial charge in [0.15, 0.2) is 0 Å². The molecule has 0 bridgehead atoms. The first-order valence-corrected chi connectivity index (χ1v) is 7.09. The van der Waals surface area contributed by atoms with Crippen LogP contribution in [-0.4, -0.2) is 23.0 Å². The van der Waals surface area contributed by atoms with Gasteiger partial charge >= 0.3 is 0 Å². The van der Waals surface area contributed by atoms with Crippen molar-refractivity contribution in [2.75, 3.05) is 12.0 Å². The van der Waals surface area contributed by atoms with Crippen LogP contribution in [-0.2, 0) is 6.42 Å². The highest BCUT2D eigenvalue weighted by Gasteiger charge is 2.07. The maximum Gasteiger partial charge on any atom is 0.0954 e. The number of nitrogens with zero attached hydrogens (tertiary/aromatic N) is 1. The zero-order chi connectivity index (χ0) is 10.7. The molecule has 0 fully saturated rings. The fourth-order valence-corrected chi connectivity index (χ4v) is 3.11. The fraction of sp³-hybridized carbons (Fsp3) is 0.364. The maximum absolute atomic E-state index is 5.98. The Morgan fingerprint density at radius 2 is 2.27 bits per heavy atom. The predicted molar refractivity (Wildman–Crippen MR) is 69.7 cm³/mol. The predicted octanol–water partition coefficient (Wildman–Crippen LogP) is 2.53. The lowest BCUT2D eigenvalue weighted by atomic mass is 10.2. The molecule has 0 aliphatic carbocycles. The van der Waals surface area contributed by atoms with Crippen molar-refractivity contribution in [3.8, 4) is 0 Å². The molecule has 2 N–H and O–H groups in total. The standard InChI is InChI=1S/C11H14N2S2/c1-14-7-8(12)6-11-13-9-4-2-3-5-10(9)15-11/h2-5,8H,6-7,12H2,1H3. The van der Waals surface area contributed by atoms with Crippen molar-refractivity contribution >= 4 is 33.3 Å². The van der Waals surface area contributed by atoms with Gasteiger partial charge in [0.05, 0.1) is 15.2 Å². The summed E-state index contributed by atoms with van der Waals surface area (Å²) in [5, 5.41) is 1.15. The van der Waals surface area contributed by atoms with Crippen LogP contribution in [0.5, 0.6) is 0 Å². The highest BCUT2D eigenvalue weighted by Crippen LogP contribution is 2.22. The molecule has 1 aromatic carbocycles. The zero-order valence-electron chi connectivity index (χ0n) is 8.64. The molecule has 0 amide bonds. The van der Waals surface area contributed by atoms with Crippen LogP contribution in [0.3, 0.4) is 0 Å². The highest BCUT2D eigenvalue weighted by molar-refractivity contribution is 7.98. The van der Waals surface area contributed by atoms with Gasteiger partial charge in [-0.1, -0.05) is 12.1 Å². The molecule has 2 rings (SSSR count). The Bertz CT molecular complexity index is 406. The van der Waals surface area contributed by atoms with Crippen LogP contribution in [0, 0.1) is 0 Å². The Hall–Kier alpha value is -0.580. The van der Waals surface area contributed by atoms with Gasteiger partial charge in [-0.3, -0.25) is 0 Å². The number of aromatic nitrogens is 1. The molecule has 0 radical (unpaired) electrons. The van der Waals surface area contributed by atoms with E-state index in [1.807, 2.05) is 12.1 Å². The van der Waals surface area contributed by atoms with Crippen molar-refractivity contribution in [2.45, 2.75) is 12.5 Å². The minimum atomic E-state index is 0.223. The maximum atomic E-state index is 5.98. The van der Waals surface area contributed by atoms with E-state index in [9.17, 15) is 0 Å². The van der Waals surface area contributed by atoms with Crippen molar-refractivity contribution in [3.63, 3.8) is 0 Å². The van der Waals surface area contributed by atoms with Gasteiger partial charge in [-0.25, -0.2) is 4.98 Å². The average molecular weight is 238 g/mol. The summed E-state index contributed by atoms with van der Waals surface area (Å²) in [6.45, 7) is 0. The summed E-state index contributed by atoms with van der Waals surface area (Å²) in [6.07, 6.45) is 2.97. The molecule has 1 heterocycles. The van der Waals surface area contributed by atoms with E-state index in [1.165, 1.54) is 4.70 Å². The van der Waals surface area contributed by atoms with Gasteiger partial charge in [-0.05, 0) is 18.4 Å². The number of benzene rings is 1. The van der Waals surface area contributed by atoms with E-state index in [1.54, 1.807) is 23.1 Å². The van der Waals surface area contributed by atoms with Gasteiger partial charge in [0, 0.05) is 18.2 Å². The molecule has 2 nitrogen and oxygen atoms in total. The lowest BCUT2D eigenvalue weighted by Crippen LogP contribution is -2.25. The van der Waals surface area contributed by atoms with Crippen LogP contribution < -0.4 is 5.73 Å². The molecular weight excluding hydrogens is 224 g/mol. The van der Waals surface area contributed by atoms with Gasteiger partial charge in [-0.2, -0.15) is 11.8 Å². The first-order valence-electron chi connectivity index (χ1n) is 4.88. The third-order valence-corrected chi connectivity index (χ3v) is 3.98. The summed E-state index contributed by atoms with van der Waals surface area (Å²) in [5.41, 5.74) is 7.08. The van der Waals surface area contributed by atoms with Crippen molar-refractivity contribution in [3.05, 3.63) is 29.3 Å². The molecule has 0 aliphatic rings. The summed E-state index contributed by atoms with van der Waals surface area (Å²) < 4.78 is 1.25. The molecule has 2 aromatic rings. The topological polar surface area (TPSA) is 38.9 Å². The number of nitrogens with two attached hydrogens (primary N) is 1. The normalized spacial score (nSPS) is 13.2. The lowest BCUT2D eigenvalue weighted by molar-refractivity contribution is 0.746. The largest absolute Gasteiger partial charge is 0.327 e. The number of hydrogen-bond donors (Lipinski definition) is 1. The second kappa shape index (κ2) is 4.96. The fourth-order valence-electron chi connectivity index (χ4n) is 1.50. The molecule has 0 saturated carbocycles.